The van der Waals surface area contributed by atoms with Crippen LogP contribution in [0, 0.1) is 5.92 Å². The third-order valence-corrected chi connectivity index (χ3v) is 7.26. The zero-order valence-electron chi connectivity index (χ0n) is 17.9. The van der Waals surface area contributed by atoms with Gasteiger partial charge in [-0.15, -0.1) is 0 Å². The van der Waals surface area contributed by atoms with Gasteiger partial charge in [0.15, 0.2) is 4.96 Å². The summed E-state index contributed by atoms with van der Waals surface area (Å²) in [6.07, 6.45) is 6.81. The van der Waals surface area contributed by atoms with E-state index in [1.807, 2.05) is 49.4 Å². The first-order valence-electron chi connectivity index (χ1n) is 11.1. The molecule has 1 N–H and O–H groups in total. The number of hydrogen-bond acceptors (Lipinski definition) is 4. The third kappa shape index (κ3) is 3.92. The van der Waals surface area contributed by atoms with E-state index in [0.717, 1.165) is 44.2 Å². The standard InChI is InChI=1S/C25H27N3O2S/c1-3-30-19-11-8-17(9-12-19)21-15-28-22-13-10-18(14-23(22)31-25(28)27-21)24(29)26-20-7-5-4-6-16(20)2/h8-16,20H,3-7H2,1-2H3,(H,26,29). The first kappa shape index (κ1) is 20.1. The van der Waals surface area contributed by atoms with Crippen LogP contribution in [-0.2, 0) is 0 Å². The van der Waals surface area contributed by atoms with Crippen molar-refractivity contribution >= 4 is 32.4 Å². The minimum absolute atomic E-state index is 0.0294. The minimum atomic E-state index is 0.0294. The Labute approximate surface area is 186 Å². The van der Waals surface area contributed by atoms with E-state index in [2.05, 4.69) is 22.8 Å². The van der Waals surface area contributed by atoms with Gasteiger partial charge in [0.2, 0.25) is 0 Å². The molecule has 1 aliphatic rings. The van der Waals surface area contributed by atoms with Crippen molar-refractivity contribution in [3.63, 3.8) is 0 Å². The van der Waals surface area contributed by atoms with E-state index in [1.54, 1.807) is 11.3 Å². The van der Waals surface area contributed by atoms with E-state index in [0.29, 0.717) is 12.5 Å². The first-order chi connectivity index (χ1) is 15.1. The zero-order chi connectivity index (χ0) is 21.4. The van der Waals surface area contributed by atoms with Gasteiger partial charge in [0, 0.05) is 23.4 Å². The molecule has 2 aromatic carbocycles. The Hall–Kier alpha value is -2.86. The molecule has 2 aromatic heterocycles. The number of fused-ring (bicyclic) bond motifs is 3. The van der Waals surface area contributed by atoms with Gasteiger partial charge in [-0.3, -0.25) is 9.20 Å². The van der Waals surface area contributed by atoms with Crippen molar-refractivity contribution in [3.8, 4) is 17.0 Å². The Balaban J connectivity index is 1.39. The topological polar surface area (TPSA) is 55.6 Å². The number of amides is 1. The number of nitrogens with zero attached hydrogens (tertiary/aromatic N) is 2. The Bertz CT molecular complexity index is 1230. The molecule has 4 aromatic rings. The molecule has 31 heavy (non-hydrogen) atoms. The molecule has 0 spiro atoms. The van der Waals surface area contributed by atoms with E-state index in [4.69, 9.17) is 9.72 Å². The summed E-state index contributed by atoms with van der Waals surface area (Å²) in [6.45, 7) is 4.88. The molecule has 6 heteroatoms. The number of ether oxygens (including phenoxy) is 1. The molecule has 0 saturated heterocycles. The van der Waals surface area contributed by atoms with Gasteiger partial charge in [0.1, 0.15) is 5.75 Å². The van der Waals surface area contributed by atoms with Crippen molar-refractivity contribution in [1.82, 2.24) is 14.7 Å². The summed E-state index contributed by atoms with van der Waals surface area (Å²) in [6, 6.07) is 14.3. The van der Waals surface area contributed by atoms with Crippen LogP contribution in [0.2, 0.25) is 0 Å². The highest BCUT2D eigenvalue weighted by molar-refractivity contribution is 7.23. The van der Waals surface area contributed by atoms with Gasteiger partial charge in [0.25, 0.3) is 5.91 Å². The maximum Gasteiger partial charge on any atom is 0.251 e. The van der Waals surface area contributed by atoms with E-state index >= 15 is 0 Å². The highest BCUT2D eigenvalue weighted by Crippen LogP contribution is 2.31. The second-order valence-electron chi connectivity index (χ2n) is 8.36. The number of nitrogens with one attached hydrogen (secondary N) is 1. The number of carbonyl (C=O) groups is 1. The minimum Gasteiger partial charge on any atom is -0.494 e. The molecule has 1 amide bonds. The van der Waals surface area contributed by atoms with Crippen molar-refractivity contribution in [3.05, 3.63) is 54.2 Å². The summed E-state index contributed by atoms with van der Waals surface area (Å²) >= 11 is 1.61. The van der Waals surface area contributed by atoms with Crippen molar-refractivity contribution in [2.45, 2.75) is 45.6 Å². The smallest absolute Gasteiger partial charge is 0.251 e. The average Bonchev–Trinajstić information content (AvgIpc) is 3.33. The van der Waals surface area contributed by atoms with Crippen LogP contribution in [-0.4, -0.2) is 27.9 Å². The van der Waals surface area contributed by atoms with Crippen LogP contribution in [0.5, 0.6) is 5.75 Å². The van der Waals surface area contributed by atoms with Crippen LogP contribution in [0.25, 0.3) is 26.4 Å². The van der Waals surface area contributed by atoms with E-state index < -0.39 is 0 Å². The summed E-state index contributed by atoms with van der Waals surface area (Å²) in [7, 11) is 0. The Morgan fingerprint density at radius 2 is 2.00 bits per heavy atom. The molecule has 5 nitrogen and oxygen atoms in total. The number of thiazole rings is 1. The summed E-state index contributed by atoms with van der Waals surface area (Å²) in [5, 5.41) is 3.25. The van der Waals surface area contributed by atoms with Gasteiger partial charge in [0.05, 0.1) is 22.5 Å². The normalized spacial score (nSPS) is 19.0. The lowest BCUT2D eigenvalue weighted by atomic mass is 9.86. The third-order valence-electron chi connectivity index (χ3n) is 6.25. The number of hydrogen-bond donors (Lipinski definition) is 1. The van der Waals surface area contributed by atoms with Gasteiger partial charge >= 0.3 is 0 Å². The van der Waals surface area contributed by atoms with Gasteiger partial charge in [-0.1, -0.05) is 31.1 Å². The van der Waals surface area contributed by atoms with Crippen LogP contribution < -0.4 is 10.1 Å². The molecule has 1 fully saturated rings. The van der Waals surface area contributed by atoms with Crippen LogP contribution in [0.4, 0.5) is 0 Å². The lowest BCUT2D eigenvalue weighted by Gasteiger charge is -2.29. The summed E-state index contributed by atoms with van der Waals surface area (Å²) in [5.41, 5.74) is 3.79. The van der Waals surface area contributed by atoms with Crippen LogP contribution in [0.15, 0.2) is 48.7 Å². The molecule has 0 bridgehead atoms. The molecule has 2 unspecified atom stereocenters. The second kappa shape index (κ2) is 8.35. The number of imidazole rings is 1. The summed E-state index contributed by atoms with van der Waals surface area (Å²) in [5.74, 6) is 1.44. The van der Waals surface area contributed by atoms with Crippen molar-refractivity contribution in [1.29, 1.82) is 0 Å². The fourth-order valence-electron chi connectivity index (χ4n) is 4.45. The zero-order valence-corrected chi connectivity index (χ0v) is 18.7. The fraction of sp³-hybridized carbons (Fsp3) is 0.360. The van der Waals surface area contributed by atoms with Crippen LogP contribution >= 0.6 is 11.3 Å². The largest absolute Gasteiger partial charge is 0.494 e. The van der Waals surface area contributed by atoms with Crippen molar-refractivity contribution < 1.29 is 9.53 Å². The monoisotopic (exact) mass is 433 g/mol. The average molecular weight is 434 g/mol. The van der Waals surface area contributed by atoms with Gasteiger partial charge in [-0.25, -0.2) is 4.98 Å². The quantitative estimate of drug-likeness (QED) is 0.425. The molecule has 1 aliphatic carbocycles. The van der Waals surface area contributed by atoms with Crippen LogP contribution in [0.1, 0.15) is 49.9 Å². The maximum absolute atomic E-state index is 12.8. The molecule has 2 atom stereocenters. The molecule has 0 aliphatic heterocycles. The Morgan fingerprint density at radius 1 is 1.19 bits per heavy atom. The Morgan fingerprint density at radius 3 is 2.77 bits per heavy atom. The highest BCUT2D eigenvalue weighted by atomic mass is 32.1. The molecular weight excluding hydrogens is 406 g/mol. The van der Waals surface area contributed by atoms with Crippen molar-refractivity contribution in [2.75, 3.05) is 6.61 Å². The van der Waals surface area contributed by atoms with Gasteiger partial charge in [-0.2, -0.15) is 0 Å². The summed E-state index contributed by atoms with van der Waals surface area (Å²) < 4.78 is 8.71. The predicted molar refractivity (Wildman–Crippen MR) is 126 cm³/mol. The fourth-order valence-corrected chi connectivity index (χ4v) is 5.50. The second-order valence-corrected chi connectivity index (χ2v) is 9.37. The van der Waals surface area contributed by atoms with Crippen LogP contribution in [0.3, 0.4) is 0 Å². The molecular formula is C25H27N3O2S. The van der Waals surface area contributed by atoms with E-state index in [-0.39, 0.29) is 11.9 Å². The Kier molecular flexibility index (Phi) is 5.40. The molecule has 2 heterocycles. The van der Waals surface area contributed by atoms with Gasteiger partial charge < -0.3 is 10.1 Å². The molecule has 1 saturated carbocycles. The number of carbonyl (C=O) groups excluding carboxylic acids is 1. The van der Waals surface area contributed by atoms with E-state index in [9.17, 15) is 4.79 Å². The molecule has 0 radical (unpaired) electrons. The lowest BCUT2D eigenvalue weighted by molar-refractivity contribution is 0.0910. The molecule has 160 valence electrons. The van der Waals surface area contributed by atoms with Gasteiger partial charge in [-0.05, 0) is 68.1 Å². The SMILES string of the molecule is CCOc1ccc(-c2cn3c(n2)sc2cc(C(=O)NC4CCCCC4C)ccc23)cc1. The number of rotatable bonds is 5. The molecule has 5 rings (SSSR count). The number of benzene rings is 2. The van der Waals surface area contributed by atoms with Crippen molar-refractivity contribution in [2.24, 2.45) is 5.92 Å². The summed E-state index contributed by atoms with van der Waals surface area (Å²) in [4.78, 5) is 18.6. The predicted octanol–water partition coefficient (Wildman–Crippen LogP) is 5.92. The lowest BCUT2D eigenvalue weighted by Crippen LogP contribution is -2.41. The highest BCUT2D eigenvalue weighted by Gasteiger charge is 2.23. The number of aromatic nitrogens is 2. The first-order valence-corrected chi connectivity index (χ1v) is 11.9. The van der Waals surface area contributed by atoms with E-state index in [1.165, 1.54) is 19.3 Å². The maximum atomic E-state index is 12.8.